The highest BCUT2D eigenvalue weighted by molar-refractivity contribution is 7.90. The molecule has 2 N–H and O–H groups in total. The first-order valence-corrected chi connectivity index (χ1v) is 14.3. The minimum absolute atomic E-state index is 0.0203. The molecule has 1 aliphatic rings. The molecule has 1 aromatic carbocycles. The Hall–Kier alpha value is -3.48. The molecule has 0 unspecified atom stereocenters. The van der Waals surface area contributed by atoms with E-state index in [4.69, 9.17) is 10.5 Å². The van der Waals surface area contributed by atoms with Gasteiger partial charge in [0.15, 0.2) is 26.5 Å². The molecule has 1 amide bonds. The van der Waals surface area contributed by atoms with Crippen LogP contribution in [0.3, 0.4) is 0 Å². The number of benzene rings is 1. The largest absolute Gasteiger partial charge is 0.381 e. The second kappa shape index (κ2) is 10.1. The zero-order chi connectivity index (χ0) is 26.2. The van der Waals surface area contributed by atoms with Crippen LogP contribution < -0.4 is 10.6 Å². The van der Waals surface area contributed by atoms with Crippen molar-refractivity contribution in [3.8, 4) is 0 Å². The number of carbonyl (C=O) groups excluding carboxylic acids is 1. The SMILES string of the molecule is CS(=O)(=O)c1ncccc1N(Cc1ccc2cc(F)c(N)nc2c1)C(=O)c1cnc(C2CCOCC2)s1. The van der Waals surface area contributed by atoms with Gasteiger partial charge in [0.2, 0.25) is 0 Å². The molecule has 4 aromatic rings. The van der Waals surface area contributed by atoms with Crippen LogP contribution in [-0.4, -0.2) is 48.7 Å². The molecular weight excluding hydrogens is 517 g/mol. The number of hydrogen-bond donors (Lipinski definition) is 1. The number of halogens is 1. The van der Waals surface area contributed by atoms with Crippen molar-refractivity contribution in [3.05, 3.63) is 70.1 Å². The van der Waals surface area contributed by atoms with Crippen molar-refractivity contribution >= 4 is 49.5 Å². The van der Waals surface area contributed by atoms with E-state index in [1.54, 1.807) is 30.3 Å². The predicted octanol–water partition coefficient (Wildman–Crippen LogP) is 3.95. The lowest BCUT2D eigenvalue weighted by Crippen LogP contribution is -2.31. The van der Waals surface area contributed by atoms with E-state index >= 15 is 0 Å². The maximum absolute atomic E-state index is 13.9. The maximum atomic E-state index is 13.9. The van der Waals surface area contributed by atoms with Gasteiger partial charge in [-0.3, -0.25) is 4.79 Å². The fraction of sp³-hybridized carbons (Fsp3) is 0.280. The van der Waals surface area contributed by atoms with Crippen LogP contribution in [0.5, 0.6) is 0 Å². The van der Waals surface area contributed by atoms with E-state index in [1.807, 2.05) is 0 Å². The normalized spacial score (nSPS) is 14.6. The number of thiazole rings is 1. The Morgan fingerprint density at radius 3 is 2.76 bits per heavy atom. The highest BCUT2D eigenvalue weighted by Crippen LogP contribution is 2.33. The van der Waals surface area contributed by atoms with Crippen molar-refractivity contribution in [2.75, 3.05) is 30.1 Å². The van der Waals surface area contributed by atoms with Gasteiger partial charge in [-0.1, -0.05) is 12.1 Å². The summed E-state index contributed by atoms with van der Waals surface area (Å²) in [6, 6.07) is 9.53. The lowest BCUT2D eigenvalue weighted by Gasteiger charge is -2.24. The Bertz CT molecular complexity index is 1590. The summed E-state index contributed by atoms with van der Waals surface area (Å²) in [5, 5.41) is 1.20. The van der Waals surface area contributed by atoms with E-state index in [2.05, 4.69) is 15.0 Å². The Kier molecular flexibility index (Phi) is 6.88. The van der Waals surface area contributed by atoms with Gasteiger partial charge in [0.25, 0.3) is 5.91 Å². The Morgan fingerprint density at radius 2 is 2.00 bits per heavy atom. The number of carbonyl (C=O) groups is 1. The summed E-state index contributed by atoms with van der Waals surface area (Å²) in [6.45, 7) is 1.32. The van der Waals surface area contributed by atoms with Gasteiger partial charge in [-0.2, -0.15) is 0 Å². The van der Waals surface area contributed by atoms with Gasteiger partial charge in [0.1, 0.15) is 4.88 Å². The van der Waals surface area contributed by atoms with Crippen LogP contribution >= 0.6 is 11.3 Å². The van der Waals surface area contributed by atoms with Crippen molar-refractivity contribution in [1.82, 2.24) is 15.0 Å². The summed E-state index contributed by atoms with van der Waals surface area (Å²) in [4.78, 5) is 28.3. The molecule has 5 rings (SSSR count). The fourth-order valence-corrected chi connectivity index (χ4v) is 6.12. The third kappa shape index (κ3) is 5.31. The number of nitrogens with zero attached hydrogens (tertiary/aromatic N) is 4. The highest BCUT2D eigenvalue weighted by atomic mass is 32.2. The van der Waals surface area contributed by atoms with Crippen molar-refractivity contribution in [3.63, 3.8) is 0 Å². The number of hydrogen-bond acceptors (Lipinski definition) is 9. The number of sulfone groups is 1. The first-order valence-electron chi connectivity index (χ1n) is 11.6. The summed E-state index contributed by atoms with van der Waals surface area (Å²) in [5.41, 5.74) is 6.91. The molecule has 37 heavy (non-hydrogen) atoms. The number of ether oxygens (including phenoxy) is 1. The van der Waals surface area contributed by atoms with Gasteiger partial charge in [0.05, 0.1) is 29.0 Å². The lowest BCUT2D eigenvalue weighted by atomic mass is 10.0. The van der Waals surface area contributed by atoms with E-state index in [9.17, 15) is 17.6 Å². The summed E-state index contributed by atoms with van der Waals surface area (Å²) >= 11 is 1.30. The number of rotatable bonds is 6. The number of anilines is 2. The van der Waals surface area contributed by atoms with Crippen molar-refractivity contribution in [2.45, 2.75) is 30.3 Å². The lowest BCUT2D eigenvalue weighted by molar-refractivity contribution is 0.0853. The van der Waals surface area contributed by atoms with Crippen LogP contribution in [-0.2, 0) is 21.1 Å². The number of amides is 1. The third-order valence-electron chi connectivity index (χ3n) is 6.15. The summed E-state index contributed by atoms with van der Waals surface area (Å²) in [7, 11) is -3.75. The first kappa shape index (κ1) is 25.2. The topological polar surface area (TPSA) is 128 Å². The smallest absolute Gasteiger partial charge is 0.270 e. The second-order valence-electron chi connectivity index (χ2n) is 8.82. The average molecular weight is 542 g/mol. The average Bonchev–Trinajstić information content (AvgIpc) is 3.38. The van der Waals surface area contributed by atoms with Gasteiger partial charge < -0.3 is 15.4 Å². The zero-order valence-electron chi connectivity index (χ0n) is 19.9. The molecule has 1 aliphatic heterocycles. The van der Waals surface area contributed by atoms with Crippen molar-refractivity contribution in [2.24, 2.45) is 0 Å². The summed E-state index contributed by atoms with van der Waals surface area (Å²) in [5.74, 6) is -1.03. The van der Waals surface area contributed by atoms with Crippen LogP contribution in [0.4, 0.5) is 15.9 Å². The van der Waals surface area contributed by atoms with Crippen LogP contribution in [0.1, 0.15) is 39.0 Å². The monoisotopic (exact) mass is 541 g/mol. The number of pyridine rings is 2. The molecule has 0 radical (unpaired) electrons. The van der Waals surface area contributed by atoms with E-state index in [0.717, 1.165) is 24.1 Å². The van der Waals surface area contributed by atoms with Gasteiger partial charge in [-0.25, -0.2) is 27.8 Å². The molecule has 3 aromatic heterocycles. The first-order chi connectivity index (χ1) is 17.7. The molecule has 192 valence electrons. The van der Waals surface area contributed by atoms with Gasteiger partial charge in [-0.05, 0) is 42.7 Å². The standard InChI is InChI=1S/C25H24FN5O4S2/c1-37(33,34)24-20(3-2-8-28-24)31(14-15-4-5-17-12-18(26)22(27)30-19(17)11-15)25(32)21-13-29-23(36-21)16-6-9-35-10-7-16/h2-5,8,11-13,16H,6-7,9-10,14H2,1H3,(H2,27,30). The predicted molar refractivity (Wildman–Crippen MR) is 139 cm³/mol. The molecule has 12 heteroatoms. The van der Waals surface area contributed by atoms with E-state index in [1.165, 1.54) is 34.7 Å². The molecular formula is C25H24FN5O4S2. The number of nitrogen functional groups attached to an aromatic ring is 1. The molecule has 4 heterocycles. The maximum Gasteiger partial charge on any atom is 0.270 e. The Morgan fingerprint density at radius 1 is 1.22 bits per heavy atom. The summed E-state index contributed by atoms with van der Waals surface area (Å²) in [6.07, 6.45) is 5.62. The second-order valence-corrected chi connectivity index (χ2v) is 11.8. The van der Waals surface area contributed by atoms with Gasteiger partial charge in [-0.15, -0.1) is 11.3 Å². The fourth-order valence-electron chi connectivity index (χ4n) is 4.28. The molecule has 9 nitrogen and oxygen atoms in total. The molecule has 0 bridgehead atoms. The Balaban J connectivity index is 1.55. The summed E-state index contributed by atoms with van der Waals surface area (Å²) < 4.78 is 44.4. The molecule has 0 aliphatic carbocycles. The van der Waals surface area contributed by atoms with Gasteiger partial charge in [0, 0.05) is 37.0 Å². The number of fused-ring (bicyclic) bond motifs is 1. The molecule has 0 atom stereocenters. The quantitative estimate of drug-likeness (QED) is 0.389. The number of nitrogens with two attached hydrogens (primary N) is 1. The molecule has 0 spiro atoms. The molecule has 1 saturated heterocycles. The molecule has 0 saturated carbocycles. The van der Waals surface area contributed by atoms with Crippen LogP contribution in [0, 0.1) is 5.82 Å². The van der Waals surface area contributed by atoms with Crippen LogP contribution in [0.25, 0.3) is 10.9 Å². The third-order valence-corrected chi connectivity index (χ3v) is 8.31. The number of aromatic nitrogens is 3. The minimum Gasteiger partial charge on any atom is -0.381 e. The van der Waals surface area contributed by atoms with E-state index < -0.39 is 21.6 Å². The van der Waals surface area contributed by atoms with Crippen LogP contribution in [0.2, 0.25) is 0 Å². The van der Waals surface area contributed by atoms with Crippen LogP contribution in [0.15, 0.2) is 53.8 Å². The van der Waals surface area contributed by atoms with Crippen molar-refractivity contribution < 1.29 is 22.3 Å². The highest BCUT2D eigenvalue weighted by Gasteiger charge is 2.28. The van der Waals surface area contributed by atoms with E-state index in [-0.39, 0.29) is 29.0 Å². The van der Waals surface area contributed by atoms with Crippen molar-refractivity contribution in [1.29, 1.82) is 0 Å². The Labute approximate surface area is 217 Å². The zero-order valence-corrected chi connectivity index (χ0v) is 21.6. The minimum atomic E-state index is -3.75. The van der Waals surface area contributed by atoms with Gasteiger partial charge >= 0.3 is 0 Å². The molecule has 1 fully saturated rings. The van der Waals surface area contributed by atoms with E-state index in [0.29, 0.717) is 34.6 Å².